The molecular formula is C23H17Cl2NO4S. The van der Waals surface area contributed by atoms with Gasteiger partial charge in [0.25, 0.3) is 0 Å². The van der Waals surface area contributed by atoms with Gasteiger partial charge in [0.05, 0.1) is 27.2 Å². The summed E-state index contributed by atoms with van der Waals surface area (Å²) in [6, 6.07) is 12.4. The second-order valence-electron chi connectivity index (χ2n) is 6.11. The van der Waals surface area contributed by atoms with Crippen molar-refractivity contribution in [3.63, 3.8) is 0 Å². The highest BCUT2D eigenvalue weighted by atomic mass is 35.5. The normalized spacial score (nSPS) is 15.9. The maximum atomic E-state index is 12.5. The molecule has 1 aliphatic heterocycles. The van der Waals surface area contributed by atoms with Crippen LogP contribution in [0.5, 0.6) is 5.75 Å². The Bertz CT molecular complexity index is 1110. The number of hydrogen-bond donors (Lipinski definition) is 1. The maximum absolute atomic E-state index is 12.5. The molecule has 0 unspecified atom stereocenters. The van der Waals surface area contributed by atoms with Crippen molar-refractivity contribution in [2.24, 2.45) is 4.99 Å². The average molecular weight is 474 g/mol. The van der Waals surface area contributed by atoms with Crippen molar-refractivity contribution >= 4 is 57.7 Å². The minimum absolute atomic E-state index is 0.00752. The number of nitrogens with zero attached hydrogens (tertiary/aromatic N) is 1. The van der Waals surface area contributed by atoms with E-state index >= 15 is 0 Å². The van der Waals surface area contributed by atoms with E-state index in [4.69, 9.17) is 39.1 Å². The predicted octanol–water partition coefficient (Wildman–Crippen LogP) is 6.20. The lowest BCUT2D eigenvalue weighted by molar-refractivity contribution is -0.138. The lowest BCUT2D eigenvalue weighted by Gasteiger charge is -2.09. The molecule has 2 aromatic rings. The summed E-state index contributed by atoms with van der Waals surface area (Å²) in [5, 5.41) is 11.6. The SMILES string of the molecule is C#CCOc1c(Cl)cc(/C=C2\SC(=Nc3ccccc3)C(C(=O)OCC)=C2O)cc1Cl. The van der Waals surface area contributed by atoms with Crippen molar-refractivity contribution < 1.29 is 19.4 Å². The third-order valence-corrected chi connectivity index (χ3v) is 5.56. The van der Waals surface area contributed by atoms with Gasteiger partial charge in [-0.1, -0.05) is 59.1 Å². The van der Waals surface area contributed by atoms with Crippen LogP contribution in [0.15, 0.2) is 63.7 Å². The van der Waals surface area contributed by atoms with Crippen LogP contribution in [0, 0.1) is 12.3 Å². The first-order valence-electron chi connectivity index (χ1n) is 9.14. The van der Waals surface area contributed by atoms with Crippen molar-refractivity contribution in [2.45, 2.75) is 6.92 Å². The summed E-state index contributed by atoms with van der Waals surface area (Å²) in [4.78, 5) is 17.4. The fraction of sp³-hybridized carbons (Fsp3) is 0.130. The number of rotatable bonds is 6. The molecule has 0 bridgehead atoms. The number of terminal acetylenes is 1. The number of para-hydroxylation sites is 1. The molecule has 1 aliphatic rings. The molecule has 158 valence electrons. The van der Waals surface area contributed by atoms with Crippen LogP contribution in [0.1, 0.15) is 12.5 Å². The highest BCUT2D eigenvalue weighted by molar-refractivity contribution is 8.18. The number of benzene rings is 2. The number of aliphatic imine (C=N–C) groups is 1. The zero-order valence-corrected chi connectivity index (χ0v) is 18.7. The maximum Gasteiger partial charge on any atom is 0.344 e. The molecule has 0 saturated carbocycles. The molecule has 3 rings (SSSR count). The largest absolute Gasteiger partial charge is 0.506 e. The summed E-state index contributed by atoms with van der Waals surface area (Å²) in [6.07, 6.45) is 6.85. The first-order chi connectivity index (χ1) is 14.9. The molecule has 1 heterocycles. The Labute approximate surface area is 194 Å². The highest BCUT2D eigenvalue weighted by Gasteiger charge is 2.33. The molecule has 5 nitrogen and oxygen atoms in total. The number of carbonyl (C=O) groups is 1. The van der Waals surface area contributed by atoms with Crippen LogP contribution in [0.2, 0.25) is 10.0 Å². The third kappa shape index (κ3) is 5.45. The first kappa shape index (κ1) is 22.8. The number of ether oxygens (including phenoxy) is 2. The van der Waals surface area contributed by atoms with Crippen molar-refractivity contribution in [3.8, 4) is 18.1 Å². The third-order valence-electron chi connectivity index (χ3n) is 3.98. The van der Waals surface area contributed by atoms with E-state index in [0.29, 0.717) is 21.2 Å². The molecule has 0 aliphatic carbocycles. The van der Waals surface area contributed by atoms with Crippen LogP contribution >= 0.6 is 35.0 Å². The van der Waals surface area contributed by atoms with E-state index in [1.165, 1.54) is 0 Å². The van der Waals surface area contributed by atoms with Crippen LogP contribution in [0.4, 0.5) is 5.69 Å². The lowest BCUT2D eigenvalue weighted by atomic mass is 10.1. The zero-order chi connectivity index (χ0) is 22.4. The van der Waals surface area contributed by atoms with Crippen molar-refractivity contribution in [3.05, 3.63) is 74.3 Å². The molecule has 8 heteroatoms. The number of halogens is 2. The Morgan fingerprint density at radius 2 is 1.94 bits per heavy atom. The van der Waals surface area contributed by atoms with Gasteiger partial charge in [-0.05, 0) is 42.8 Å². The molecule has 0 atom stereocenters. The first-order valence-corrected chi connectivity index (χ1v) is 10.7. The molecule has 0 spiro atoms. The Kier molecular flexibility index (Phi) is 7.69. The van der Waals surface area contributed by atoms with Gasteiger partial charge in [-0.25, -0.2) is 9.79 Å². The Morgan fingerprint density at radius 3 is 2.55 bits per heavy atom. The topological polar surface area (TPSA) is 68.1 Å². The quantitative estimate of drug-likeness (QED) is 0.399. The Hall–Kier alpha value is -2.85. The van der Waals surface area contributed by atoms with E-state index in [0.717, 1.165) is 11.8 Å². The second-order valence-corrected chi connectivity index (χ2v) is 7.96. The van der Waals surface area contributed by atoms with Crippen molar-refractivity contribution in [1.82, 2.24) is 0 Å². The van der Waals surface area contributed by atoms with Gasteiger partial charge in [0.2, 0.25) is 0 Å². The molecule has 0 amide bonds. The number of hydrogen-bond acceptors (Lipinski definition) is 6. The number of aliphatic hydroxyl groups excluding tert-OH is 1. The summed E-state index contributed by atoms with van der Waals surface area (Å²) in [5.41, 5.74) is 1.25. The smallest absolute Gasteiger partial charge is 0.344 e. The van der Waals surface area contributed by atoms with Crippen LogP contribution in [0.3, 0.4) is 0 Å². The monoisotopic (exact) mass is 473 g/mol. The van der Waals surface area contributed by atoms with Gasteiger partial charge in [-0.15, -0.1) is 6.42 Å². The van der Waals surface area contributed by atoms with Crippen LogP contribution in [-0.4, -0.2) is 29.3 Å². The standard InChI is InChI=1S/C23H17Cl2NO4S/c1-3-10-30-21-16(24)11-14(12-17(21)25)13-18-20(27)19(23(28)29-4-2)22(31-18)26-15-8-6-5-7-9-15/h1,5-9,11-13,27H,4,10H2,2H3/b18-13-,26-22?. The highest BCUT2D eigenvalue weighted by Crippen LogP contribution is 2.41. The lowest BCUT2D eigenvalue weighted by Crippen LogP contribution is -2.12. The van der Waals surface area contributed by atoms with E-state index in [9.17, 15) is 9.90 Å². The summed E-state index contributed by atoms with van der Waals surface area (Å²) < 4.78 is 10.5. The predicted molar refractivity (Wildman–Crippen MR) is 126 cm³/mol. The van der Waals surface area contributed by atoms with Gasteiger partial charge in [-0.3, -0.25) is 0 Å². The number of thioether (sulfide) groups is 1. The van der Waals surface area contributed by atoms with Gasteiger partial charge < -0.3 is 14.6 Å². The summed E-state index contributed by atoms with van der Waals surface area (Å²) in [6.45, 7) is 1.89. The summed E-state index contributed by atoms with van der Waals surface area (Å²) >= 11 is 13.7. The van der Waals surface area contributed by atoms with E-state index in [1.54, 1.807) is 37.3 Å². The number of aliphatic hydroxyl groups is 1. The zero-order valence-electron chi connectivity index (χ0n) is 16.4. The number of esters is 1. The second kappa shape index (κ2) is 10.5. The molecule has 2 aromatic carbocycles. The molecule has 31 heavy (non-hydrogen) atoms. The van der Waals surface area contributed by atoms with Crippen molar-refractivity contribution in [2.75, 3.05) is 13.2 Å². The van der Waals surface area contributed by atoms with Crippen LogP contribution in [-0.2, 0) is 9.53 Å². The van der Waals surface area contributed by atoms with Gasteiger partial charge in [0.1, 0.15) is 23.0 Å². The van der Waals surface area contributed by atoms with Crippen LogP contribution < -0.4 is 4.74 Å². The van der Waals surface area contributed by atoms with E-state index in [-0.39, 0.29) is 40.3 Å². The molecule has 0 saturated heterocycles. The molecule has 0 aromatic heterocycles. The van der Waals surface area contributed by atoms with Gasteiger partial charge in [0.15, 0.2) is 5.75 Å². The fourth-order valence-corrected chi connectivity index (χ4v) is 4.33. The van der Waals surface area contributed by atoms with Gasteiger partial charge in [-0.2, -0.15) is 0 Å². The molecule has 0 radical (unpaired) electrons. The Morgan fingerprint density at radius 1 is 1.26 bits per heavy atom. The van der Waals surface area contributed by atoms with Crippen molar-refractivity contribution in [1.29, 1.82) is 0 Å². The fourth-order valence-electron chi connectivity index (χ4n) is 2.68. The average Bonchev–Trinajstić information content (AvgIpc) is 3.03. The van der Waals surface area contributed by atoms with Crippen LogP contribution in [0.25, 0.3) is 6.08 Å². The molecule has 1 N–H and O–H groups in total. The summed E-state index contributed by atoms with van der Waals surface area (Å²) in [5.74, 6) is 1.75. The minimum Gasteiger partial charge on any atom is -0.506 e. The minimum atomic E-state index is -0.653. The van der Waals surface area contributed by atoms with E-state index in [2.05, 4.69) is 10.9 Å². The molecular weight excluding hydrogens is 457 g/mol. The van der Waals surface area contributed by atoms with E-state index < -0.39 is 5.97 Å². The summed E-state index contributed by atoms with van der Waals surface area (Å²) in [7, 11) is 0. The van der Waals surface area contributed by atoms with Gasteiger partial charge >= 0.3 is 5.97 Å². The van der Waals surface area contributed by atoms with Gasteiger partial charge in [0, 0.05) is 0 Å². The van der Waals surface area contributed by atoms with E-state index in [1.807, 2.05) is 18.2 Å². The molecule has 0 fully saturated rings. The Balaban J connectivity index is 2.02. The number of carbonyl (C=O) groups excluding carboxylic acids is 1.